The summed E-state index contributed by atoms with van der Waals surface area (Å²) in [7, 11) is 2.05. The van der Waals surface area contributed by atoms with Crippen LogP contribution in [0.5, 0.6) is 0 Å². The van der Waals surface area contributed by atoms with Gasteiger partial charge in [0.15, 0.2) is 0 Å². The fraction of sp³-hybridized carbons (Fsp3) is 0.700. The first-order chi connectivity index (χ1) is 8.13. The highest BCUT2D eigenvalue weighted by atomic mass is 32.1. The van der Waals surface area contributed by atoms with Crippen LogP contribution < -0.4 is 5.73 Å². The van der Waals surface area contributed by atoms with Gasteiger partial charge in [-0.2, -0.15) is 0 Å². The third kappa shape index (κ3) is 2.46. The lowest BCUT2D eigenvalue weighted by Gasteiger charge is -2.39. The predicted octanol–water partition coefficient (Wildman–Crippen LogP) is -0.439. The van der Waals surface area contributed by atoms with Crippen LogP contribution in [0.4, 0.5) is 0 Å². The number of hydrogen-bond acceptors (Lipinski definition) is 6. The second-order valence-electron chi connectivity index (χ2n) is 4.34. The molecule has 0 radical (unpaired) electrons. The Morgan fingerprint density at radius 2 is 2.35 bits per heavy atom. The van der Waals surface area contributed by atoms with E-state index in [0.29, 0.717) is 23.7 Å². The minimum atomic E-state index is 0.0149. The van der Waals surface area contributed by atoms with Crippen LogP contribution in [0.2, 0.25) is 0 Å². The van der Waals surface area contributed by atoms with Crippen LogP contribution in [-0.2, 0) is 0 Å². The average molecular weight is 255 g/mol. The van der Waals surface area contributed by atoms with Crippen LogP contribution in [0.15, 0.2) is 0 Å². The molecule has 0 aromatic carbocycles. The van der Waals surface area contributed by atoms with Crippen molar-refractivity contribution in [2.24, 2.45) is 5.73 Å². The Morgan fingerprint density at radius 1 is 1.59 bits per heavy atom. The molecule has 0 aliphatic carbocycles. The molecule has 94 valence electrons. The molecule has 2 rings (SSSR count). The quantitative estimate of drug-likeness (QED) is 0.775. The predicted molar refractivity (Wildman–Crippen MR) is 66.0 cm³/mol. The molecule has 0 spiro atoms. The van der Waals surface area contributed by atoms with E-state index in [-0.39, 0.29) is 11.9 Å². The maximum atomic E-state index is 12.3. The highest BCUT2D eigenvalue weighted by Crippen LogP contribution is 2.17. The number of nitrogens with two attached hydrogens (primary N) is 1. The molecular weight excluding hydrogens is 238 g/mol. The van der Waals surface area contributed by atoms with Crippen LogP contribution in [0.25, 0.3) is 0 Å². The topological polar surface area (TPSA) is 75.4 Å². The summed E-state index contributed by atoms with van der Waals surface area (Å²) < 4.78 is 3.81. The van der Waals surface area contributed by atoms with Gasteiger partial charge in [0.25, 0.3) is 5.91 Å². The van der Waals surface area contributed by atoms with Crippen LogP contribution >= 0.6 is 11.5 Å². The molecule has 1 aromatic rings. The van der Waals surface area contributed by atoms with Crippen molar-refractivity contribution in [3.63, 3.8) is 0 Å². The van der Waals surface area contributed by atoms with E-state index < -0.39 is 0 Å². The van der Waals surface area contributed by atoms with Crippen molar-refractivity contribution < 1.29 is 4.79 Å². The van der Waals surface area contributed by atoms with Crippen molar-refractivity contribution in [2.45, 2.75) is 13.0 Å². The molecule has 1 fully saturated rings. The first-order valence-electron chi connectivity index (χ1n) is 5.62. The highest BCUT2D eigenvalue weighted by molar-refractivity contribution is 7.07. The molecule has 2 N–H and O–H groups in total. The van der Waals surface area contributed by atoms with E-state index in [0.717, 1.165) is 24.6 Å². The van der Waals surface area contributed by atoms with Gasteiger partial charge >= 0.3 is 0 Å². The number of amides is 1. The number of rotatable bonds is 2. The fourth-order valence-corrected chi connectivity index (χ4v) is 2.65. The number of carbonyl (C=O) groups is 1. The van der Waals surface area contributed by atoms with Gasteiger partial charge in [0.05, 0.1) is 11.7 Å². The Bertz CT molecular complexity index is 407. The minimum absolute atomic E-state index is 0.0149. The fourth-order valence-electron chi connectivity index (χ4n) is 2.04. The van der Waals surface area contributed by atoms with Crippen molar-refractivity contribution in [1.82, 2.24) is 19.4 Å². The second-order valence-corrected chi connectivity index (χ2v) is 5.09. The smallest absolute Gasteiger partial charge is 0.267 e. The Labute approximate surface area is 105 Å². The number of hydrogen-bond donors (Lipinski definition) is 1. The van der Waals surface area contributed by atoms with Gasteiger partial charge in [-0.1, -0.05) is 4.49 Å². The lowest BCUT2D eigenvalue weighted by atomic mass is 10.1. The van der Waals surface area contributed by atoms with E-state index in [9.17, 15) is 4.79 Å². The molecule has 1 atom stereocenters. The van der Waals surface area contributed by atoms with Crippen LogP contribution in [-0.4, -0.2) is 64.6 Å². The van der Waals surface area contributed by atoms with Gasteiger partial charge in [-0.05, 0) is 25.5 Å². The molecule has 1 aliphatic heterocycles. The van der Waals surface area contributed by atoms with Gasteiger partial charge in [0.2, 0.25) is 0 Å². The zero-order valence-corrected chi connectivity index (χ0v) is 10.9. The van der Waals surface area contributed by atoms with Gasteiger partial charge in [0, 0.05) is 26.2 Å². The summed E-state index contributed by atoms with van der Waals surface area (Å²) >= 11 is 1.16. The summed E-state index contributed by atoms with van der Waals surface area (Å²) in [6.45, 7) is 4.72. The van der Waals surface area contributed by atoms with Gasteiger partial charge in [-0.3, -0.25) is 4.79 Å². The Morgan fingerprint density at radius 3 is 2.94 bits per heavy atom. The zero-order chi connectivity index (χ0) is 12.4. The number of likely N-dealkylation sites (N-methyl/N-ethyl adjacent to an activating group) is 1. The third-order valence-electron chi connectivity index (χ3n) is 3.06. The first-order valence-corrected chi connectivity index (χ1v) is 6.39. The standard InChI is InChI=1S/C10H17N5OS/c1-7-9(17-13-12-7)10(16)15-4-3-14(2)6-8(15)5-11/h8H,3-6,11H2,1-2H3. The summed E-state index contributed by atoms with van der Waals surface area (Å²) in [5.41, 5.74) is 6.44. The maximum Gasteiger partial charge on any atom is 0.267 e. The van der Waals surface area contributed by atoms with Gasteiger partial charge in [0.1, 0.15) is 4.88 Å². The van der Waals surface area contributed by atoms with Crippen LogP contribution in [0, 0.1) is 6.92 Å². The summed E-state index contributed by atoms with van der Waals surface area (Å²) in [5.74, 6) is 0.0149. The number of piperazine rings is 1. The van der Waals surface area contributed by atoms with Crippen molar-refractivity contribution in [1.29, 1.82) is 0 Å². The molecule has 1 aliphatic rings. The molecule has 17 heavy (non-hydrogen) atoms. The molecule has 1 amide bonds. The summed E-state index contributed by atoms with van der Waals surface area (Å²) in [4.78, 5) is 17.0. The third-order valence-corrected chi connectivity index (χ3v) is 3.88. The van der Waals surface area contributed by atoms with Crippen LogP contribution in [0.3, 0.4) is 0 Å². The van der Waals surface area contributed by atoms with Crippen LogP contribution in [0.1, 0.15) is 15.4 Å². The van der Waals surface area contributed by atoms with Gasteiger partial charge < -0.3 is 15.5 Å². The van der Waals surface area contributed by atoms with E-state index >= 15 is 0 Å². The molecule has 1 unspecified atom stereocenters. The van der Waals surface area contributed by atoms with Crippen molar-refractivity contribution in [3.05, 3.63) is 10.6 Å². The monoisotopic (exact) mass is 255 g/mol. The van der Waals surface area contributed by atoms with Crippen molar-refractivity contribution >= 4 is 17.4 Å². The van der Waals surface area contributed by atoms with E-state index in [4.69, 9.17) is 5.73 Å². The average Bonchev–Trinajstić information content (AvgIpc) is 2.74. The summed E-state index contributed by atoms with van der Waals surface area (Å²) in [6.07, 6.45) is 0. The molecule has 0 bridgehead atoms. The van der Waals surface area contributed by atoms with E-state index in [2.05, 4.69) is 14.5 Å². The molecule has 1 saturated heterocycles. The van der Waals surface area contributed by atoms with Gasteiger partial charge in [-0.15, -0.1) is 5.10 Å². The lowest BCUT2D eigenvalue weighted by molar-refractivity contribution is 0.0520. The number of carbonyl (C=O) groups excluding carboxylic acids is 1. The number of nitrogens with zero attached hydrogens (tertiary/aromatic N) is 4. The largest absolute Gasteiger partial charge is 0.331 e. The van der Waals surface area contributed by atoms with Crippen molar-refractivity contribution in [3.8, 4) is 0 Å². The molecule has 0 saturated carbocycles. The first kappa shape index (κ1) is 12.4. The molecule has 2 heterocycles. The SMILES string of the molecule is Cc1nnsc1C(=O)N1CCN(C)CC1CN. The zero-order valence-electron chi connectivity index (χ0n) is 10.1. The van der Waals surface area contributed by atoms with E-state index in [1.54, 1.807) is 0 Å². The minimum Gasteiger partial charge on any atom is -0.331 e. The molecule has 6 nitrogen and oxygen atoms in total. The van der Waals surface area contributed by atoms with E-state index in [1.807, 2.05) is 18.9 Å². The number of aryl methyl sites for hydroxylation is 1. The highest BCUT2D eigenvalue weighted by Gasteiger charge is 2.30. The summed E-state index contributed by atoms with van der Waals surface area (Å²) in [5, 5.41) is 3.88. The van der Waals surface area contributed by atoms with Crippen molar-refractivity contribution in [2.75, 3.05) is 33.2 Å². The Hall–Kier alpha value is -1.05. The molecule has 1 aromatic heterocycles. The summed E-state index contributed by atoms with van der Waals surface area (Å²) in [6, 6.07) is 0.0859. The maximum absolute atomic E-state index is 12.3. The Kier molecular flexibility index (Phi) is 3.70. The number of aromatic nitrogens is 2. The lowest BCUT2D eigenvalue weighted by Crippen LogP contribution is -2.56. The van der Waals surface area contributed by atoms with E-state index in [1.165, 1.54) is 0 Å². The second kappa shape index (κ2) is 5.07. The molecule has 7 heteroatoms. The normalized spacial score (nSPS) is 21.8. The Balaban J connectivity index is 2.16. The molecular formula is C10H17N5OS. The van der Waals surface area contributed by atoms with Gasteiger partial charge in [-0.25, -0.2) is 0 Å².